The van der Waals surface area contributed by atoms with Crippen molar-refractivity contribution in [2.24, 2.45) is 0 Å². The number of nitrogens with zero attached hydrogens (tertiary/aromatic N) is 1. The van der Waals surface area contributed by atoms with Gasteiger partial charge < -0.3 is 28.5 Å². The molecule has 0 aliphatic rings. The number of nitrogens with one attached hydrogen (secondary N) is 1. The summed E-state index contributed by atoms with van der Waals surface area (Å²) in [6.07, 6.45) is 69.7. The van der Waals surface area contributed by atoms with E-state index in [4.69, 9.17) is 13.8 Å². The lowest BCUT2D eigenvalue weighted by atomic mass is 10.0. The fourth-order valence-corrected chi connectivity index (χ4v) is 9.13. The highest BCUT2D eigenvalue weighted by molar-refractivity contribution is 7.45. The molecule has 0 spiro atoms. The van der Waals surface area contributed by atoms with Gasteiger partial charge in [0.2, 0.25) is 5.91 Å². The summed E-state index contributed by atoms with van der Waals surface area (Å²) in [4.78, 5) is 39.9. The quantitative estimate of drug-likeness (QED) is 0.0212. The van der Waals surface area contributed by atoms with Crippen molar-refractivity contribution in [3.05, 3.63) is 85.1 Å². The first-order valence-electron chi connectivity index (χ1n) is 30.4. The number of phosphoric acid groups is 1. The number of hydrogen-bond donors (Lipinski definition) is 1. The normalized spacial score (nSPS) is 14.3. The fourth-order valence-electron chi connectivity index (χ4n) is 8.41. The summed E-state index contributed by atoms with van der Waals surface area (Å²) in [6, 6.07) is -0.903. The summed E-state index contributed by atoms with van der Waals surface area (Å²) < 4.78 is 30.3. The van der Waals surface area contributed by atoms with Crippen molar-refractivity contribution in [1.29, 1.82) is 0 Å². The SMILES string of the molecule is CC/C=C\C/C=C\C/C=C\C/C=C\C/C=C\C/C=C\CCCCCCC(=O)NC(COP(=O)([O-])OCC[N+](C)(C)C)C(/C=C\CCCCCCCCCCCC)OC(=O)CCCCCCCCCCCCCCC. The van der Waals surface area contributed by atoms with Crippen molar-refractivity contribution in [3.63, 3.8) is 0 Å². The molecule has 1 N–H and O–H groups in total. The average molecular weight is 1060 g/mol. The molecule has 74 heavy (non-hydrogen) atoms. The van der Waals surface area contributed by atoms with Gasteiger partial charge in [-0.3, -0.25) is 14.2 Å². The van der Waals surface area contributed by atoms with Crippen LogP contribution >= 0.6 is 7.82 Å². The van der Waals surface area contributed by atoms with Crippen LogP contribution in [0.3, 0.4) is 0 Å². The van der Waals surface area contributed by atoms with Gasteiger partial charge in [0.05, 0.1) is 33.8 Å². The zero-order valence-electron chi connectivity index (χ0n) is 48.8. The van der Waals surface area contributed by atoms with Crippen molar-refractivity contribution in [2.45, 2.75) is 270 Å². The van der Waals surface area contributed by atoms with Crippen LogP contribution in [-0.4, -0.2) is 69.4 Å². The zero-order chi connectivity index (χ0) is 54.3. The molecule has 3 atom stereocenters. The first-order valence-corrected chi connectivity index (χ1v) is 31.9. The van der Waals surface area contributed by atoms with Crippen LogP contribution in [-0.2, 0) is 27.9 Å². The molecular weight excluding hydrogens is 940 g/mol. The number of unbranched alkanes of at least 4 members (excludes halogenated alkanes) is 26. The molecule has 1 amide bonds. The van der Waals surface area contributed by atoms with E-state index >= 15 is 0 Å². The molecule has 428 valence electrons. The van der Waals surface area contributed by atoms with Gasteiger partial charge in [-0.05, 0) is 83.1 Å². The van der Waals surface area contributed by atoms with Gasteiger partial charge in [-0.25, -0.2) is 0 Å². The molecule has 0 aromatic rings. The number of phosphoric ester groups is 1. The van der Waals surface area contributed by atoms with Gasteiger partial charge in [0.15, 0.2) is 0 Å². The Morgan fingerprint density at radius 2 is 0.865 bits per heavy atom. The smallest absolute Gasteiger partial charge is 0.306 e. The van der Waals surface area contributed by atoms with Gasteiger partial charge in [0.25, 0.3) is 7.82 Å². The van der Waals surface area contributed by atoms with Crippen LogP contribution in [0, 0.1) is 0 Å². The highest BCUT2D eigenvalue weighted by atomic mass is 31.2. The molecule has 0 saturated heterocycles. The van der Waals surface area contributed by atoms with E-state index < -0.39 is 26.6 Å². The maximum Gasteiger partial charge on any atom is 0.306 e. The molecule has 0 saturated carbocycles. The highest BCUT2D eigenvalue weighted by Crippen LogP contribution is 2.38. The predicted molar refractivity (Wildman–Crippen MR) is 316 cm³/mol. The summed E-state index contributed by atoms with van der Waals surface area (Å²) in [6.45, 7) is 6.70. The number of ether oxygens (including phenoxy) is 1. The molecule has 0 aliphatic carbocycles. The van der Waals surface area contributed by atoms with Crippen LogP contribution in [0.2, 0.25) is 0 Å². The summed E-state index contributed by atoms with van der Waals surface area (Å²) in [7, 11) is 1.16. The lowest BCUT2D eigenvalue weighted by Crippen LogP contribution is -2.47. The van der Waals surface area contributed by atoms with Gasteiger partial charge in [-0.1, -0.05) is 247 Å². The van der Waals surface area contributed by atoms with Crippen LogP contribution in [0.4, 0.5) is 0 Å². The number of allylic oxidation sites excluding steroid dienone is 13. The standard InChI is InChI=1S/C64H115N2O7P/c1-7-10-13-16-19-22-25-28-29-30-31-32-33-34-35-36-37-39-41-44-47-50-53-56-63(67)65-61(60-72-74(69,70)71-59-58-66(4,5)6)62(55-52-49-46-43-40-27-24-21-18-15-12-9-3)73-64(68)57-54-51-48-45-42-38-26-23-20-17-14-11-8-2/h10,13,19,22,28-29,31-32,34-35,37,39,52,55,61-62H,7-9,11-12,14-18,20-21,23-27,30,33,36,38,40-51,53-54,56-60H2,1-6H3,(H-,65,67,69,70)/b13-10-,22-19-,29-28-,32-31-,35-34-,39-37-,55-52-. The number of likely N-dealkylation sites (N-methyl/N-ethyl adjacent to an activating group) is 1. The third kappa shape index (κ3) is 54.0. The first kappa shape index (κ1) is 71.2. The van der Waals surface area contributed by atoms with E-state index in [9.17, 15) is 19.0 Å². The van der Waals surface area contributed by atoms with E-state index in [1.807, 2.05) is 33.3 Å². The van der Waals surface area contributed by atoms with Crippen LogP contribution in [0.1, 0.15) is 258 Å². The Hall–Kier alpha value is -2.81. The van der Waals surface area contributed by atoms with E-state index in [1.54, 1.807) is 0 Å². The number of hydrogen-bond acceptors (Lipinski definition) is 7. The number of rotatable bonds is 54. The van der Waals surface area contributed by atoms with Crippen LogP contribution in [0.15, 0.2) is 85.1 Å². The van der Waals surface area contributed by atoms with Gasteiger partial charge in [0.1, 0.15) is 19.3 Å². The fraction of sp³-hybridized carbons (Fsp3) is 0.750. The molecule has 0 aromatic heterocycles. The Balaban J connectivity index is 5.28. The molecule has 10 heteroatoms. The third-order valence-corrected chi connectivity index (χ3v) is 14.1. The van der Waals surface area contributed by atoms with Crippen LogP contribution in [0.25, 0.3) is 0 Å². The minimum atomic E-state index is -4.71. The molecule has 3 unspecified atom stereocenters. The van der Waals surface area contributed by atoms with Gasteiger partial charge in [0, 0.05) is 12.8 Å². The van der Waals surface area contributed by atoms with E-state index in [0.29, 0.717) is 17.4 Å². The Bertz CT molecular complexity index is 1540. The predicted octanol–water partition coefficient (Wildman–Crippen LogP) is 18.0. The minimum absolute atomic E-state index is 0.0301. The molecule has 0 aliphatic heterocycles. The molecule has 9 nitrogen and oxygen atoms in total. The lowest BCUT2D eigenvalue weighted by Gasteiger charge is -2.30. The Morgan fingerprint density at radius 1 is 0.486 bits per heavy atom. The summed E-state index contributed by atoms with van der Waals surface area (Å²) >= 11 is 0. The number of carbonyl (C=O) groups is 2. The number of amides is 1. The largest absolute Gasteiger partial charge is 0.756 e. The van der Waals surface area contributed by atoms with Gasteiger partial charge in [-0.15, -0.1) is 0 Å². The van der Waals surface area contributed by atoms with Crippen molar-refractivity contribution in [1.82, 2.24) is 5.32 Å². The molecule has 0 rings (SSSR count). The summed E-state index contributed by atoms with van der Waals surface area (Å²) in [5.41, 5.74) is 0. The number of esters is 1. The van der Waals surface area contributed by atoms with E-state index in [1.165, 1.54) is 116 Å². The van der Waals surface area contributed by atoms with Crippen molar-refractivity contribution >= 4 is 19.7 Å². The maximum absolute atomic E-state index is 13.5. The lowest BCUT2D eigenvalue weighted by molar-refractivity contribution is -0.870. The van der Waals surface area contributed by atoms with Gasteiger partial charge >= 0.3 is 5.97 Å². The Morgan fingerprint density at radius 3 is 1.30 bits per heavy atom. The molecule has 0 aromatic carbocycles. The monoisotopic (exact) mass is 1050 g/mol. The molecule has 0 bridgehead atoms. The van der Waals surface area contributed by atoms with Crippen molar-refractivity contribution < 1.29 is 37.3 Å². The Labute approximate surface area is 456 Å². The number of quaternary nitrogens is 1. The second-order valence-corrected chi connectivity index (χ2v) is 22.9. The van der Waals surface area contributed by atoms with E-state index in [2.05, 4.69) is 99.0 Å². The molecule has 0 heterocycles. The first-order chi connectivity index (χ1) is 35.9. The summed E-state index contributed by atoms with van der Waals surface area (Å²) in [5.74, 6) is -0.569. The van der Waals surface area contributed by atoms with Gasteiger partial charge in [-0.2, -0.15) is 0 Å². The van der Waals surface area contributed by atoms with Crippen molar-refractivity contribution in [3.8, 4) is 0 Å². The highest BCUT2D eigenvalue weighted by Gasteiger charge is 2.27. The molecule has 0 radical (unpaired) electrons. The summed E-state index contributed by atoms with van der Waals surface area (Å²) in [5, 5.41) is 3.01. The zero-order valence-corrected chi connectivity index (χ0v) is 49.7. The van der Waals surface area contributed by atoms with E-state index in [0.717, 1.165) is 103 Å². The Kier molecular flexibility index (Phi) is 51.5. The maximum atomic E-state index is 13.5. The average Bonchev–Trinajstić information content (AvgIpc) is 3.36. The second-order valence-electron chi connectivity index (χ2n) is 21.5. The minimum Gasteiger partial charge on any atom is -0.756 e. The van der Waals surface area contributed by atoms with Crippen LogP contribution in [0.5, 0.6) is 0 Å². The number of carbonyl (C=O) groups excluding carboxylic acids is 2. The molecule has 0 fully saturated rings. The van der Waals surface area contributed by atoms with Crippen molar-refractivity contribution in [2.75, 3.05) is 40.9 Å². The van der Waals surface area contributed by atoms with E-state index in [-0.39, 0.29) is 31.3 Å². The second kappa shape index (κ2) is 53.6. The third-order valence-electron chi connectivity index (χ3n) is 13.1. The molecular formula is C64H115N2O7P. The van der Waals surface area contributed by atoms with Crippen LogP contribution < -0.4 is 10.2 Å². The topological polar surface area (TPSA) is 114 Å².